The second-order valence-electron chi connectivity index (χ2n) is 3.31. The molecule has 0 amide bonds. The van der Waals surface area contributed by atoms with Gasteiger partial charge in [-0.2, -0.15) is 9.97 Å². The van der Waals surface area contributed by atoms with Crippen LogP contribution in [-0.2, 0) is 0 Å². The number of hydrogen-bond donors (Lipinski definition) is 3. The summed E-state index contributed by atoms with van der Waals surface area (Å²) in [5, 5.41) is 3.21. The second kappa shape index (κ2) is 4.12. The summed E-state index contributed by atoms with van der Waals surface area (Å²) in [5.41, 5.74) is 6.98. The Kier molecular flexibility index (Phi) is 2.66. The van der Waals surface area contributed by atoms with Gasteiger partial charge in [0.2, 0.25) is 5.95 Å². The Balaban J connectivity index is 2.27. The van der Waals surface area contributed by atoms with E-state index in [1.165, 1.54) is 0 Å². The fourth-order valence-electron chi connectivity index (χ4n) is 1.36. The first kappa shape index (κ1) is 9.70. The van der Waals surface area contributed by atoms with Gasteiger partial charge in [0.15, 0.2) is 11.5 Å². The number of imidazole rings is 1. The lowest BCUT2D eigenvalue weighted by Crippen LogP contribution is -2.06. The molecule has 0 saturated heterocycles. The summed E-state index contributed by atoms with van der Waals surface area (Å²) in [6, 6.07) is 0. The number of anilines is 2. The highest BCUT2D eigenvalue weighted by Gasteiger charge is 2.06. The molecule has 0 radical (unpaired) electrons. The van der Waals surface area contributed by atoms with Crippen LogP contribution in [0.2, 0.25) is 0 Å². The third-order valence-corrected chi connectivity index (χ3v) is 2.13. The minimum Gasteiger partial charge on any atom is -0.368 e. The highest BCUT2D eigenvalue weighted by molar-refractivity contribution is 5.83. The summed E-state index contributed by atoms with van der Waals surface area (Å²) < 4.78 is 0. The molecule has 0 fully saturated rings. The smallest absolute Gasteiger partial charge is 0.224 e. The van der Waals surface area contributed by atoms with Crippen LogP contribution in [-0.4, -0.2) is 26.5 Å². The zero-order valence-electron chi connectivity index (χ0n) is 8.62. The molecule has 2 rings (SSSR count). The average Bonchev–Trinajstić information content (AvgIpc) is 2.65. The molecule has 0 spiro atoms. The van der Waals surface area contributed by atoms with E-state index in [9.17, 15) is 0 Å². The van der Waals surface area contributed by atoms with Crippen LogP contribution in [0.4, 0.5) is 11.8 Å². The summed E-state index contributed by atoms with van der Waals surface area (Å²) in [7, 11) is 0. The Morgan fingerprint density at radius 2 is 2.33 bits per heavy atom. The molecule has 0 aromatic carbocycles. The van der Waals surface area contributed by atoms with Gasteiger partial charge in [-0.3, -0.25) is 0 Å². The first-order chi connectivity index (χ1) is 7.31. The number of hydrogen-bond acceptors (Lipinski definition) is 5. The van der Waals surface area contributed by atoms with Crippen LogP contribution in [0.15, 0.2) is 6.33 Å². The number of nitrogen functional groups attached to an aromatic ring is 1. The lowest BCUT2D eigenvalue weighted by atomic mass is 10.3. The van der Waals surface area contributed by atoms with E-state index in [0.717, 1.165) is 30.7 Å². The largest absolute Gasteiger partial charge is 0.368 e. The molecule has 0 bridgehead atoms. The van der Waals surface area contributed by atoms with Gasteiger partial charge < -0.3 is 16.0 Å². The Bertz CT molecular complexity index is 449. The highest BCUT2D eigenvalue weighted by atomic mass is 15.1. The SMILES string of the molecule is CCCCNc1nc(N)nc2nc[nH]c12. The van der Waals surface area contributed by atoms with E-state index in [1.54, 1.807) is 6.33 Å². The molecule has 0 aliphatic rings. The Hall–Kier alpha value is -1.85. The van der Waals surface area contributed by atoms with Crippen molar-refractivity contribution in [3.63, 3.8) is 0 Å². The molecule has 6 nitrogen and oxygen atoms in total. The van der Waals surface area contributed by atoms with Crippen LogP contribution < -0.4 is 11.1 Å². The predicted octanol–water partition coefficient (Wildman–Crippen LogP) is 1.15. The molecular formula is C9H14N6. The number of rotatable bonds is 4. The molecule has 2 aromatic rings. The number of nitrogens with one attached hydrogen (secondary N) is 2. The van der Waals surface area contributed by atoms with Crippen molar-refractivity contribution in [2.24, 2.45) is 0 Å². The number of H-pyrrole nitrogens is 1. The normalized spacial score (nSPS) is 10.7. The van der Waals surface area contributed by atoms with Gasteiger partial charge in [-0.25, -0.2) is 4.98 Å². The zero-order valence-corrected chi connectivity index (χ0v) is 8.62. The van der Waals surface area contributed by atoms with Crippen molar-refractivity contribution >= 4 is 22.9 Å². The van der Waals surface area contributed by atoms with Crippen molar-refractivity contribution in [3.05, 3.63) is 6.33 Å². The molecule has 15 heavy (non-hydrogen) atoms. The quantitative estimate of drug-likeness (QED) is 0.652. The van der Waals surface area contributed by atoms with Gasteiger partial charge in [0.05, 0.1) is 6.33 Å². The summed E-state index contributed by atoms with van der Waals surface area (Å²) in [6.07, 6.45) is 3.82. The molecule has 0 aliphatic heterocycles. The lowest BCUT2D eigenvalue weighted by molar-refractivity contribution is 0.831. The maximum atomic E-state index is 5.57. The molecule has 6 heteroatoms. The molecular weight excluding hydrogens is 192 g/mol. The summed E-state index contributed by atoms with van der Waals surface area (Å²) in [5.74, 6) is 0.969. The fourth-order valence-corrected chi connectivity index (χ4v) is 1.36. The van der Waals surface area contributed by atoms with Gasteiger partial charge in [-0.05, 0) is 6.42 Å². The minimum absolute atomic E-state index is 0.244. The van der Waals surface area contributed by atoms with Gasteiger partial charge in [0, 0.05) is 6.54 Å². The van der Waals surface area contributed by atoms with Crippen LogP contribution in [0.3, 0.4) is 0 Å². The number of fused-ring (bicyclic) bond motifs is 1. The van der Waals surface area contributed by atoms with Crippen molar-refractivity contribution in [3.8, 4) is 0 Å². The first-order valence-electron chi connectivity index (χ1n) is 5.01. The molecule has 4 N–H and O–H groups in total. The maximum Gasteiger partial charge on any atom is 0.224 e. The van der Waals surface area contributed by atoms with Gasteiger partial charge in [0.1, 0.15) is 5.52 Å². The number of unbranched alkanes of at least 4 members (excludes halogenated alkanes) is 1. The molecule has 0 unspecified atom stereocenters. The number of nitrogens with two attached hydrogens (primary N) is 1. The molecule has 80 valence electrons. The van der Waals surface area contributed by atoms with E-state index in [1.807, 2.05) is 0 Å². The van der Waals surface area contributed by atoms with Crippen LogP contribution in [0, 0.1) is 0 Å². The van der Waals surface area contributed by atoms with E-state index >= 15 is 0 Å². The summed E-state index contributed by atoms with van der Waals surface area (Å²) in [4.78, 5) is 15.2. The number of nitrogens with zero attached hydrogens (tertiary/aromatic N) is 3. The Morgan fingerprint density at radius 3 is 3.13 bits per heavy atom. The van der Waals surface area contributed by atoms with Crippen molar-refractivity contribution in [1.29, 1.82) is 0 Å². The van der Waals surface area contributed by atoms with Gasteiger partial charge in [0.25, 0.3) is 0 Å². The van der Waals surface area contributed by atoms with Crippen LogP contribution in [0.1, 0.15) is 19.8 Å². The number of aromatic amines is 1. The maximum absolute atomic E-state index is 5.57. The number of aromatic nitrogens is 4. The summed E-state index contributed by atoms with van der Waals surface area (Å²) in [6.45, 7) is 3.02. The monoisotopic (exact) mass is 206 g/mol. The topological polar surface area (TPSA) is 92.5 Å². The van der Waals surface area contributed by atoms with E-state index in [4.69, 9.17) is 5.73 Å². The molecule has 0 saturated carbocycles. The van der Waals surface area contributed by atoms with Gasteiger partial charge >= 0.3 is 0 Å². The zero-order chi connectivity index (χ0) is 10.7. The third kappa shape index (κ3) is 1.98. The molecule has 0 atom stereocenters. The standard InChI is InChI=1S/C9H14N6/c1-2-3-4-11-7-6-8(13-5-12-6)15-9(10)14-7/h5H,2-4H2,1H3,(H4,10,11,12,13,14,15). The van der Waals surface area contributed by atoms with Crippen LogP contribution in [0.5, 0.6) is 0 Å². The van der Waals surface area contributed by atoms with Crippen LogP contribution in [0.25, 0.3) is 11.2 Å². The van der Waals surface area contributed by atoms with Crippen molar-refractivity contribution in [2.45, 2.75) is 19.8 Å². The van der Waals surface area contributed by atoms with Crippen molar-refractivity contribution < 1.29 is 0 Å². The van der Waals surface area contributed by atoms with E-state index in [-0.39, 0.29) is 5.95 Å². The Morgan fingerprint density at radius 1 is 1.47 bits per heavy atom. The second-order valence-corrected chi connectivity index (χ2v) is 3.31. The lowest BCUT2D eigenvalue weighted by Gasteiger charge is -2.05. The van der Waals surface area contributed by atoms with Gasteiger partial charge in [-0.15, -0.1) is 0 Å². The first-order valence-corrected chi connectivity index (χ1v) is 5.01. The van der Waals surface area contributed by atoms with E-state index in [0.29, 0.717) is 5.65 Å². The molecule has 0 aliphatic carbocycles. The van der Waals surface area contributed by atoms with E-state index in [2.05, 4.69) is 32.2 Å². The molecule has 2 heterocycles. The Labute approximate surface area is 87.3 Å². The molecule has 2 aromatic heterocycles. The predicted molar refractivity (Wildman–Crippen MR) is 59.5 cm³/mol. The summed E-state index contributed by atoms with van der Waals surface area (Å²) >= 11 is 0. The fraction of sp³-hybridized carbons (Fsp3) is 0.444. The average molecular weight is 206 g/mol. The van der Waals surface area contributed by atoms with E-state index < -0.39 is 0 Å². The van der Waals surface area contributed by atoms with Crippen molar-refractivity contribution in [2.75, 3.05) is 17.6 Å². The third-order valence-electron chi connectivity index (χ3n) is 2.13. The minimum atomic E-state index is 0.244. The highest BCUT2D eigenvalue weighted by Crippen LogP contribution is 2.16. The van der Waals surface area contributed by atoms with Crippen molar-refractivity contribution in [1.82, 2.24) is 19.9 Å². The van der Waals surface area contributed by atoms with Crippen LogP contribution >= 0.6 is 0 Å². The van der Waals surface area contributed by atoms with Gasteiger partial charge in [-0.1, -0.05) is 13.3 Å².